The van der Waals surface area contributed by atoms with Gasteiger partial charge in [-0.15, -0.1) is 0 Å². The first-order valence-corrected chi connectivity index (χ1v) is 9.67. The van der Waals surface area contributed by atoms with E-state index in [1.54, 1.807) is 20.8 Å². The lowest BCUT2D eigenvalue weighted by Crippen LogP contribution is -2.80. The van der Waals surface area contributed by atoms with Crippen LogP contribution in [0.25, 0.3) is 0 Å². The van der Waals surface area contributed by atoms with Gasteiger partial charge in [-0.3, -0.25) is 4.79 Å². The average Bonchev–Trinajstić information content (AvgIpc) is 2.58. The normalized spacial score (nSPS) is 58.4. The van der Waals surface area contributed by atoms with Crippen LogP contribution in [0.3, 0.4) is 0 Å². The molecule has 1 heterocycles. The molecule has 3 fully saturated rings. The zero-order chi connectivity index (χ0) is 21.0. The van der Waals surface area contributed by atoms with Gasteiger partial charge in [0.15, 0.2) is 11.9 Å². The molecule has 8 nitrogen and oxygen atoms in total. The number of carbonyl (C=O) groups is 2. The lowest BCUT2D eigenvalue weighted by atomic mass is 9.37. The molecule has 156 valence electrons. The van der Waals surface area contributed by atoms with Gasteiger partial charge in [0.05, 0.1) is 11.7 Å². The summed E-state index contributed by atoms with van der Waals surface area (Å²) in [6.07, 6.45) is -5.40. The molecule has 0 bridgehead atoms. The average molecular weight is 396 g/mol. The van der Waals surface area contributed by atoms with Crippen molar-refractivity contribution in [2.75, 3.05) is 0 Å². The van der Waals surface area contributed by atoms with Crippen molar-refractivity contribution in [2.45, 2.75) is 70.2 Å². The Labute approximate surface area is 162 Å². The second kappa shape index (κ2) is 5.64. The summed E-state index contributed by atoms with van der Waals surface area (Å²) in [7, 11) is 0. The highest BCUT2D eigenvalue weighted by molar-refractivity contribution is 5.96. The Morgan fingerprint density at radius 1 is 1.04 bits per heavy atom. The summed E-state index contributed by atoms with van der Waals surface area (Å²) in [6.45, 7) is 6.43. The Bertz CT molecular complexity index is 774. The van der Waals surface area contributed by atoms with E-state index in [4.69, 9.17) is 4.74 Å². The smallest absolute Gasteiger partial charge is 0.335 e. The quantitative estimate of drug-likeness (QED) is 0.325. The largest absolute Gasteiger partial charge is 0.460 e. The Kier molecular flexibility index (Phi) is 4.02. The van der Waals surface area contributed by atoms with Gasteiger partial charge in [0.1, 0.15) is 18.3 Å². The third-order valence-electron chi connectivity index (χ3n) is 8.39. The van der Waals surface area contributed by atoms with E-state index >= 15 is 0 Å². The number of rotatable bonds is 0. The maximum atomic E-state index is 12.5. The predicted octanol–water partition coefficient (Wildman–Crippen LogP) is -1.09. The van der Waals surface area contributed by atoms with E-state index in [1.807, 2.05) is 0 Å². The molecule has 5 N–H and O–H groups in total. The fourth-order valence-electron chi connectivity index (χ4n) is 7.21. The standard InChI is InChI=1S/C20H28O8/c1-7-5-9(21)15(24)18(2)8(7)6-10-19(3)13(18)11(22)16(25)20(4,27)14(19)12(23)17(26)28-10/h5,8,10-16,22-25,27H,6H2,1-4H3/t8-,10+,11+,12+,13+,14+,15+,16-,18-,19+,20-/m0/s1. The maximum absolute atomic E-state index is 12.5. The van der Waals surface area contributed by atoms with Crippen LogP contribution in [0.5, 0.6) is 0 Å². The number of fused-ring (bicyclic) bond motifs is 2. The zero-order valence-corrected chi connectivity index (χ0v) is 16.4. The van der Waals surface area contributed by atoms with Crippen LogP contribution in [0.1, 0.15) is 34.1 Å². The van der Waals surface area contributed by atoms with Crippen LogP contribution >= 0.6 is 0 Å². The summed E-state index contributed by atoms with van der Waals surface area (Å²) >= 11 is 0. The number of esters is 1. The molecule has 11 atom stereocenters. The van der Waals surface area contributed by atoms with E-state index in [-0.39, 0.29) is 12.3 Å². The van der Waals surface area contributed by atoms with Gasteiger partial charge in [-0.05, 0) is 32.3 Å². The fraction of sp³-hybridized carbons (Fsp3) is 0.800. The van der Waals surface area contributed by atoms with Crippen LogP contribution < -0.4 is 0 Å². The van der Waals surface area contributed by atoms with Gasteiger partial charge < -0.3 is 30.3 Å². The Morgan fingerprint density at radius 2 is 1.64 bits per heavy atom. The van der Waals surface area contributed by atoms with E-state index in [2.05, 4.69) is 0 Å². The summed E-state index contributed by atoms with van der Waals surface area (Å²) in [5, 5.41) is 54.4. The lowest BCUT2D eigenvalue weighted by Gasteiger charge is -2.70. The number of allylic oxidation sites excluding steroid dienone is 1. The van der Waals surface area contributed by atoms with Crippen molar-refractivity contribution in [1.29, 1.82) is 0 Å². The molecule has 0 aromatic heterocycles. The molecule has 1 saturated heterocycles. The minimum Gasteiger partial charge on any atom is -0.460 e. The number of hydrogen-bond acceptors (Lipinski definition) is 8. The molecule has 3 aliphatic carbocycles. The molecule has 8 heteroatoms. The minimum atomic E-state index is -1.97. The van der Waals surface area contributed by atoms with E-state index in [9.17, 15) is 35.1 Å². The third kappa shape index (κ3) is 2.02. The molecule has 28 heavy (non-hydrogen) atoms. The zero-order valence-electron chi connectivity index (χ0n) is 16.4. The van der Waals surface area contributed by atoms with Crippen LogP contribution in [-0.2, 0) is 14.3 Å². The van der Waals surface area contributed by atoms with Gasteiger partial charge in [-0.2, -0.15) is 0 Å². The lowest BCUT2D eigenvalue weighted by molar-refractivity contribution is -0.335. The Hall–Kier alpha value is -1.32. The summed E-state index contributed by atoms with van der Waals surface area (Å²) in [5.41, 5.74) is -3.60. The van der Waals surface area contributed by atoms with Crippen LogP contribution in [0.15, 0.2) is 11.6 Å². The number of ether oxygens (including phenoxy) is 1. The van der Waals surface area contributed by atoms with Crippen molar-refractivity contribution in [3.63, 3.8) is 0 Å². The van der Waals surface area contributed by atoms with Crippen molar-refractivity contribution < 1.29 is 39.9 Å². The third-order valence-corrected chi connectivity index (χ3v) is 8.39. The predicted molar refractivity (Wildman–Crippen MR) is 94.6 cm³/mol. The molecule has 0 radical (unpaired) electrons. The molecule has 0 aromatic carbocycles. The number of aliphatic hydroxyl groups excluding tert-OH is 4. The number of carbonyl (C=O) groups excluding carboxylic acids is 2. The monoisotopic (exact) mass is 396 g/mol. The Morgan fingerprint density at radius 3 is 2.25 bits per heavy atom. The number of aliphatic hydroxyl groups is 5. The molecule has 4 rings (SSSR count). The molecule has 0 unspecified atom stereocenters. The first kappa shape index (κ1) is 20.0. The second-order valence-corrected chi connectivity index (χ2v) is 9.70. The molecular weight excluding hydrogens is 368 g/mol. The van der Waals surface area contributed by atoms with Crippen molar-refractivity contribution in [3.8, 4) is 0 Å². The number of ketones is 1. The maximum Gasteiger partial charge on any atom is 0.335 e. The van der Waals surface area contributed by atoms with Gasteiger partial charge in [0.25, 0.3) is 0 Å². The SMILES string of the molecule is CC1=CC(=O)[C@@H](O)[C@]2(C)[C@H]3[C@@H](O)[C@H](O)[C@@](C)(O)[C@@H]4[C@@H](O)C(=O)O[C@H](C[C@@H]12)[C@]34C. The molecule has 0 amide bonds. The Balaban J connectivity index is 1.99. The van der Waals surface area contributed by atoms with Gasteiger partial charge in [-0.1, -0.05) is 19.4 Å². The van der Waals surface area contributed by atoms with Crippen molar-refractivity contribution in [2.24, 2.45) is 28.6 Å². The van der Waals surface area contributed by atoms with Gasteiger partial charge >= 0.3 is 5.97 Å². The summed E-state index contributed by atoms with van der Waals surface area (Å²) < 4.78 is 5.54. The van der Waals surface area contributed by atoms with E-state index in [0.717, 1.165) is 0 Å². The highest BCUT2D eigenvalue weighted by Gasteiger charge is 2.76. The molecule has 4 aliphatic rings. The number of hydrogen-bond donors (Lipinski definition) is 5. The van der Waals surface area contributed by atoms with Gasteiger partial charge in [-0.25, -0.2) is 4.79 Å². The molecule has 1 aliphatic heterocycles. The summed E-state index contributed by atoms with van der Waals surface area (Å²) in [4.78, 5) is 24.8. The first-order valence-electron chi connectivity index (χ1n) is 9.67. The van der Waals surface area contributed by atoms with Crippen molar-refractivity contribution in [1.82, 2.24) is 0 Å². The van der Waals surface area contributed by atoms with E-state index in [1.165, 1.54) is 13.0 Å². The fourth-order valence-corrected chi connectivity index (χ4v) is 7.21. The molecule has 0 aromatic rings. The van der Waals surface area contributed by atoms with E-state index in [0.29, 0.717) is 5.57 Å². The van der Waals surface area contributed by atoms with E-state index < -0.39 is 70.5 Å². The van der Waals surface area contributed by atoms with Crippen LogP contribution in [0, 0.1) is 28.6 Å². The van der Waals surface area contributed by atoms with Crippen molar-refractivity contribution in [3.05, 3.63) is 11.6 Å². The second-order valence-electron chi connectivity index (χ2n) is 9.70. The first-order chi connectivity index (χ1) is 12.8. The van der Waals surface area contributed by atoms with Crippen LogP contribution in [-0.4, -0.2) is 73.4 Å². The highest BCUT2D eigenvalue weighted by Crippen LogP contribution is 2.68. The molecular formula is C20H28O8. The summed E-state index contributed by atoms with van der Waals surface area (Å²) in [5.74, 6) is -3.79. The molecule has 2 saturated carbocycles. The highest BCUT2D eigenvalue weighted by atomic mass is 16.6. The van der Waals surface area contributed by atoms with Crippen LogP contribution in [0.2, 0.25) is 0 Å². The van der Waals surface area contributed by atoms with Gasteiger partial charge in [0, 0.05) is 22.7 Å². The van der Waals surface area contributed by atoms with Crippen LogP contribution in [0.4, 0.5) is 0 Å². The topological polar surface area (TPSA) is 145 Å². The molecule has 0 spiro atoms. The summed E-state index contributed by atoms with van der Waals surface area (Å²) in [6, 6.07) is 0. The van der Waals surface area contributed by atoms with Crippen molar-refractivity contribution >= 4 is 11.8 Å². The minimum absolute atomic E-state index is 0.282. The van der Waals surface area contributed by atoms with Gasteiger partial charge in [0.2, 0.25) is 0 Å².